The van der Waals surface area contributed by atoms with E-state index in [1.165, 1.54) is 13.4 Å². The van der Waals surface area contributed by atoms with Crippen molar-refractivity contribution in [2.45, 2.75) is 12.5 Å². The van der Waals surface area contributed by atoms with Gasteiger partial charge < -0.3 is 20.9 Å². The Morgan fingerprint density at radius 2 is 2.03 bits per heavy atom. The summed E-state index contributed by atoms with van der Waals surface area (Å²) in [6.45, 7) is 0.292. The van der Waals surface area contributed by atoms with Crippen LogP contribution in [0.3, 0.4) is 0 Å². The number of amides is 1. The highest BCUT2D eigenvalue weighted by Crippen LogP contribution is 2.27. The van der Waals surface area contributed by atoms with Gasteiger partial charge in [0.15, 0.2) is 5.82 Å². The van der Waals surface area contributed by atoms with Crippen molar-refractivity contribution in [2.24, 2.45) is 0 Å². The molecule has 0 radical (unpaired) electrons. The lowest BCUT2D eigenvalue weighted by atomic mass is 10.1. The van der Waals surface area contributed by atoms with E-state index in [-0.39, 0.29) is 17.4 Å². The Morgan fingerprint density at radius 1 is 1.23 bits per heavy atom. The molecule has 0 aliphatic heterocycles. The Labute approximate surface area is 178 Å². The van der Waals surface area contributed by atoms with Crippen LogP contribution in [0.4, 0.5) is 5.82 Å². The van der Waals surface area contributed by atoms with Crippen LogP contribution in [0.25, 0.3) is 16.8 Å². The topological polar surface area (TPSA) is 128 Å². The van der Waals surface area contributed by atoms with Gasteiger partial charge in [0.1, 0.15) is 17.4 Å². The number of nitrogens with one attached hydrogen (secondary N) is 1. The molecule has 0 fully saturated rings. The normalized spacial score (nSPS) is 11.9. The van der Waals surface area contributed by atoms with Gasteiger partial charge in [0.25, 0.3) is 5.91 Å². The third kappa shape index (κ3) is 4.17. The van der Waals surface area contributed by atoms with Crippen molar-refractivity contribution in [2.75, 3.05) is 19.4 Å². The number of carbonyl (C=O) groups excluding carboxylic acids is 1. The van der Waals surface area contributed by atoms with E-state index >= 15 is 0 Å². The van der Waals surface area contributed by atoms with Crippen molar-refractivity contribution in [1.82, 2.24) is 24.9 Å². The molecule has 9 nitrogen and oxygen atoms in total. The number of aliphatic hydroxyl groups is 1. The quantitative estimate of drug-likeness (QED) is 0.420. The third-order valence-electron chi connectivity index (χ3n) is 4.95. The molecule has 0 saturated carbocycles. The zero-order chi connectivity index (χ0) is 21.8. The molecule has 31 heavy (non-hydrogen) atoms. The lowest BCUT2D eigenvalue weighted by Gasteiger charge is -2.13. The SMILES string of the molecule is COc1ncc(-c2ccc3c(N)ncnn23)cc1C(=O)NCCC(O)c1ccccc1. The van der Waals surface area contributed by atoms with Gasteiger partial charge in [-0.25, -0.2) is 14.5 Å². The fraction of sp³-hybridized carbons (Fsp3) is 0.182. The molecule has 4 rings (SSSR count). The summed E-state index contributed by atoms with van der Waals surface area (Å²) in [6, 6.07) is 14.6. The van der Waals surface area contributed by atoms with E-state index in [1.807, 2.05) is 36.4 Å². The number of hydrogen-bond donors (Lipinski definition) is 3. The molecule has 1 unspecified atom stereocenters. The van der Waals surface area contributed by atoms with Gasteiger partial charge in [-0.1, -0.05) is 30.3 Å². The van der Waals surface area contributed by atoms with Crippen molar-refractivity contribution >= 4 is 17.2 Å². The minimum atomic E-state index is -0.662. The molecule has 0 aliphatic carbocycles. The number of nitrogen functional groups attached to an aromatic ring is 1. The summed E-state index contributed by atoms with van der Waals surface area (Å²) in [7, 11) is 1.46. The Kier molecular flexibility index (Phi) is 5.76. The molecule has 0 bridgehead atoms. The summed E-state index contributed by atoms with van der Waals surface area (Å²) in [5.74, 6) is 0.221. The number of rotatable bonds is 7. The zero-order valence-corrected chi connectivity index (χ0v) is 16.9. The number of ether oxygens (including phenoxy) is 1. The summed E-state index contributed by atoms with van der Waals surface area (Å²) >= 11 is 0. The number of carbonyl (C=O) groups is 1. The second-order valence-electron chi connectivity index (χ2n) is 6.91. The number of aromatic nitrogens is 4. The van der Waals surface area contributed by atoms with Crippen LogP contribution < -0.4 is 15.8 Å². The fourth-order valence-electron chi connectivity index (χ4n) is 3.35. The van der Waals surface area contributed by atoms with E-state index in [1.54, 1.807) is 22.8 Å². The Hall–Kier alpha value is -3.98. The second kappa shape index (κ2) is 8.80. The maximum absolute atomic E-state index is 12.8. The van der Waals surface area contributed by atoms with Crippen LogP contribution in [-0.2, 0) is 0 Å². The molecule has 1 aromatic carbocycles. The average Bonchev–Trinajstić information content (AvgIpc) is 3.24. The van der Waals surface area contributed by atoms with Crippen LogP contribution in [0, 0.1) is 0 Å². The molecule has 9 heteroatoms. The highest BCUT2D eigenvalue weighted by Gasteiger charge is 2.18. The van der Waals surface area contributed by atoms with Gasteiger partial charge in [-0.3, -0.25) is 4.79 Å². The summed E-state index contributed by atoms with van der Waals surface area (Å²) in [6.07, 6.45) is 2.69. The van der Waals surface area contributed by atoms with Gasteiger partial charge in [-0.15, -0.1) is 0 Å². The Morgan fingerprint density at radius 3 is 2.81 bits per heavy atom. The van der Waals surface area contributed by atoms with Crippen molar-refractivity contribution in [3.8, 4) is 17.1 Å². The molecule has 3 heterocycles. The van der Waals surface area contributed by atoms with Crippen molar-refractivity contribution in [3.05, 3.63) is 72.2 Å². The first-order valence-electron chi connectivity index (χ1n) is 9.72. The van der Waals surface area contributed by atoms with Crippen LogP contribution in [0.1, 0.15) is 28.4 Å². The molecular weight excluding hydrogens is 396 g/mol. The molecule has 4 N–H and O–H groups in total. The van der Waals surface area contributed by atoms with Crippen LogP contribution in [-0.4, -0.2) is 44.3 Å². The van der Waals surface area contributed by atoms with Crippen LogP contribution >= 0.6 is 0 Å². The average molecular weight is 418 g/mol. The second-order valence-corrected chi connectivity index (χ2v) is 6.91. The van der Waals surface area contributed by atoms with E-state index in [0.717, 1.165) is 5.56 Å². The third-order valence-corrected chi connectivity index (χ3v) is 4.95. The highest BCUT2D eigenvalue weighted by atomic mass is 16.5. The number of fused-ring (bicyclic) bond motifs is 1. The molecule has 1 atom stereocenters. The number of benzene rings is 1. The van der Waals surface area contributed by atoms with Gasteiger partial charge in [-0.05, 0) is 30.2 Å². The Balaban J connectivity index is 1.53. The number of methoxy groups -OCH3 is 1. The zero-order valence-electron chi connectivity index (χ0n) is 16.9. The highest BCUT2D eigenvalue weighted by molar-refractivity contribution is 5.97. The van der Waals surface area contributed by atoms with Gasteiger partial charge in [0.2, 0.25) is 5.88 Å². The van der Waals surface area contributed by atoms with E-state index < -0.39 is 6.10 Å². The van der Waals surface area contributed by atoms with Crippen LogP contribution in [0.2, 0.25) is 0 Å². The molecule has 0 aliphatic rings. The van der Waals surface area contributed by atoms with E-state index in [0.29, 0.717) is 35.6 Å². The smallest absolute Gasteiger partial charge is 0.256 e. The van der Waals surface area contributed by atoms with Crippen LogP contribution in [0.15, 0.2) is 61.1 Å². The van der Waals surface area contributed by atoms with Crippen molar-refractivity contribution < 1.29 is 14.6 Å². The summed E-state index contributed by atoms with van der Waals surface area (Å²) in [4.78, 5) is 21.1. The maximum Gasteiger partial charge on any atom is 0.256 e. The van der Waals surface area contributed by atoms with Gasteiger partial charge in [0.05, 0.1) is 18.9 Å². The van der Waals surface area contributed by atoms with Gasteiger partial charge in [-0.2, -0.15) is 5.10 Å². The molecule has 1 amide bonds. The van der Waals surface area contributed by atoms with Crippen molar-refractivity contribution in [1.29, 1.82) is 0 Å². The fourth-order valence-corrected chi connectivity index (χ4v) is 3.35. The number of aliphatic hydroxyl groups excluding tert-OH is 1. The number of nitrogens with zero attached hydrogens (tertiary/aromatic N) is 4. The molecule has 0 spiro atoms. The summed E-state index contributed by atoms with van der Waals surface area (Å²) < 4.78 is 6.91. The number of hydrogen-bond acceptors (Lipinski definition) is 7. The minimum absolute atomic E-state index is 0.208. The van der Waals surface area contributed by atoms with Gasteiger partial charge in [0, 0.05) is 18.3 Å². The summed E-state index contributed by atoms with van der Waals surface area (Å²) in [5.41, 5.74) is 9.04. The number of nitrogens with two attached hydrogens (primary N) is 1. The number of pyridine rings is 1. The molecule has 3 aromatic heterocycles. The van der Waals surface area contributed by atoms with E-state index in [9.17, 15) is 9.90 Å². The molecule has 158 valence electrons. The molecule has 4 aromatic rings. The van der Waals surface area contributed by atoms with E-state index in [4.69, 9.17) is 10.5 Å². The molecule has 0 saturated heterocycles. The first-order valence-corrected chi connectivity index (χ1v) is 9.72. The van der Waals surface area contributed by atoms with Crippen LogP contribution in [0.5, 0.6) is 5.88 Å². The lowest BCUT2D eigenvalue weighted by Crippen LogP contribution is -2.26. The largest absolute Gasteiger partial charge is 0.480 e. The predicted octanol–water partition coefficient (Wildman–Crippen LogP) is 2.24. The first kappa shape index (κ1) is 20.3. The lowest BCUT2D eigenvalue weighted by molar-refractivity contribution is 0.0939. The standard InChI is InChI=1S/C22H22N6O3/c1-31-22-16(21(30)24-10-9-19(29)14-5-3-2-4-6-14)11-15(12-25-22)17-7-8-18-20(23)26-13-27-28(17)18/h2-8,11-13,19,29H,9-10H2,1H3,(H,24,30)(H2,23,26,27). The maximum atomic E-state index is 12.8. The molecular formula is C22H22N6O3. The minimum Gasteiger partial charge on any atom is -0.480 e. The number of anilines is 1. The van der Waals surface area contributed by atoms with Gasteiger partial charge >= 0.3 is 0 Å². The summed E-state index contributed by atoms with van der Waals surface area (Å²) in [5, 5.41) is 17.3. The first-order chi connectivity index (χ1) is 15.1. The monoisotopic (exact) mass is 418 g/mol. The predicted molar refractivity (Wildman–Crippen MR) is 116 cm³/mol. The van der Waals surface area contributed by atoms with E-state index in [2.05, 4.69) is 20.4 Å². The Bertz CT molecular complexity index is 1210. The van der Waals surface area contributed by atoms with Crippen molar-refractivity contribution in [3.63, 3.8) is 0 Å².